The minimum absolute atomic E-state index is 1.43. The first-order chi connectivity index (χ1) is 5.15. The predicted molar refractivity (Wildman–Crippen MR) is 42.3 cm³/mol. The molecule has 0 atom stereocenters. The van der Waals surface area contributed by atoms with E-state index in [4.69, 9.17) is 54.9 Å². The van der Waals surface area contributed by atoms with E-state index in [0.717, 1.165) is 0 Å². The molecule has 9 heteroatoms. The van der Waals surface area contributed by atoms with Crippen LogP contribution in [-0.4, -0.2) is 0 Å². The third-order valence-corrected chi connectivity index (χ3v) is 0. The van der Waals surface area contributed by atoms with E-state index in [0.29, 0.717) is 0 Å². The molecule has 0 amide bonds. The number of hydrogen-bond acceptors (Lipinski definition) is 3. The van der Waals surface area contributed by atoms with E-state index < -0.39 is 13.7 Å². The Balaban J connectivity index is -0.0000000315. The summed E-state index contributed by atoms with van der Waals surface area (Å²) in [5.41, 5.74) is 11.5. The Hall–Kier alpha value is 0.222. The molecule has 0 aliphatic rings. The van der Waals surface area contributed by atoms with Crippen LogP contribution in [0.3, 0.4) is 0 Å². The largest absolute Gasteiger partial charge is 0.577 e. The van der Waals surface area contributed by atoms with Gasteiger partial charge >= 0.3 is 42.3 Å². The maximum atomic E-state index is 7.32. The van der Waals surface area contributed by atoms with Crippen molar-refractivity contribution in [3.8, 4) is 6.07 Å². The molecule has 0 spiro atoms. The van der Waals surface area contributed by atoms with Gasteiger partial charge in [-0.3, -0.25) is 0 Å². The molecule has 0 radical (unpaired) electrons. The first-order valence-electron chi connectivity index (χ1n) is 1.52. The fourth-order valence-corrected chi connectivity index (χ4v) is 0. The first-order valence-corrected chi connectivity index (χ1v) is 11.6. The summed E-state index contributed by atoms with van der Waals surface area (Å²) in [5.74, 6) is 0. The van der Waals surface area contributed by atoms with Crippen molar-refractivity contribution in [2.75, 3.05) is 0 Å². The number of rotatable bonds is 0. The molecule has 0 rings (SSSR count). The van der Waals surface area contributed by atoms with Gasteiger partial charge in [0.15, 0.2) is 0 Å². The minimum atomic E-state index is -2.05. The molecule has 0 fully saturated rings. The molecule has 68 valence electrons. The third-order valence-electron chi connectivity index (χ3n) is 0. The summed E-state index contributed by atoms with van der Waals surface area (Å²) in [5, 5.41) is 7.32. The summed E-state index contributed by atoms with van der Waals surface area (Å²) >= 11 is -2.05. The second kappa shape index (κ2) is 48.8. The van der Waals surface area contributed by atoms with Gasteiger partial charge in [-0.1, -0.05) is 0 Å². The number of halogens is 3. The zero-order valence-corrected chi connectivity index (χ0v) is 10.2. The molecule has 11 heavy (non-hydrogen) atoms. The van der Waals surface area contributed by atoms with Gasteiger partial charge in [0.25, 0.3) is 0 Å². The van der Waals surface area contributed by atoms with Gasteiger partial charge in [-0.05, 0) is 0 Å². The fraction of sp³-hybridized carbons (Fsp3) is 0.500. The Morgan fingerprint density at radius 2 is 1.18 bits per heavy atom. The molecule has 0 aromatic heterocycles. The number of hydrogen-bond donors (Lipinski definition) is 0. The van der Waals surface area contributed by atoms with Crippen LogP contribution < -0.4 is 0 Å². The van der Waals surface area contributed by atoms with Crippen molar-refractivity contribution < 1.29 is 13.7 Å². The summed E-state index contributed by atoms with van der Waals surface area (Å²) in [6.45, 7) is 1.43. The van der Waals surface area contributed by atoms with E-state index in [1.54, 1.807) is 6.07 Å². The molecule has 0 heterocycles. The molecule has 0 aliphatic heterocycles. The zero-order valence-electron chi connectivity index (χ0n) is 5.17. The monoisotopic (exact) mass is 393 g/mol. The smallest absolute Gasteiger partial charge is 0.423 e. The quantitative estimate of drug-likeness (QED) is 0.631. The van der Waals surface area contributed by atoms with Crippen molar-refractivity contribution >= 4 is 28.6 Å². The summed E-state index contributed by atoms with van der Waals surface area (Å²) < 4.78 is 0. The van der Waals surface area contributed by atoms with Crippen LogP contribution in [0.5, 0.6) is 0 Å². The van der Waals surface area contributed by atoms with E-state index in [9.17, 15) is 0 Å². The fourth-order valence-electron chi connectivity index (χ4n) is 0. The van der Waals surface area contributed by atoms with Gasteiger partial charge in [0.1, 0.15) is 0 Å². The molecule has 0 N–H and O–H groups in total. The van der Waals surface area contributed by atoms with Crippen LogP contribution in [0.4, 0.5) is 0 Å². The normalized spacial score (nSPS) is 5.55. The van der Waals surface area contributed by atoms with Crippen molar-refractivity contribution in [1.29, 1.82) is 5.26 Å². The zero-order chi connectivity index (χ0) is 10.3. The number of nitrogens with zero attached hydrogens (tertiary/aromatic N) is 3. The summed E-state index contributed by atoms with van der Waals surface area (Å²) in [4.78, 5) is 14.5. The van der Waals surface area contributed by atoms with Gasteiger partial charge in [-0.25, -0.2) is 0 Å². The number of nitroso groups, excluding NO2 is 2. The van der Waals surface area contributed by atoms with Gasteiger partial charge in [-0.2, -0.15) is 5.26 Å². The van der Waals surface area contributed by atoms with Crippen molar-refractivity contribution in [2.24, 2.45) is 0 Å². The number of nitriles is 1. The molecule has 0 unspecified atom stereocenters. The van der Waals surface area contributed by atoms with E-state index in [2.05, 4.69) is 0 Å². The van der Waals surface area contributed by atoms with Crippen LogP contribution in [-0.2, 0) is 13.7 Å². The van der Waals surface area contributed by atoms with Crippen LogP contribution in [0.2, 0.25) is 0 Å². The standard InChI is InChI=1S/C2H3N.3ClH.2NO.Re/c1-2-3;;;;2*1-2;/h1H3;3*1H;;;/q;;;;2*-1;+3/p-3. The molecule has 0 aromatic rings. The third kappa shape index (κ3) is 14000. The Morgan fingerprint density at radius 1 is 1.18 bits per heavy atom. The second-order valence-corrected chi connectivity index (χ2v) is 12.2. The summed E-state index contributed by atoms with van der Waals surface area (Å²) in [6, 6.07) is 1.75. The maximum Gasteiger partial charge on any atom is -0.423 e. The van der Waals surface area contributed by atoms with Crippen LogP contribution in [0.15, 0.2) is 0 Å². The molecule has 0 saturated carbocycles. The van der Waals surface area contributed by atoms with Gasteiger partial charge in [0.2, 0.25) is 0 Å². The van der Waals surface area contributed by atoms with Gasteiger partial charge in [-0.15, -0.1) is 0 Å². The van der Waals surface area contributed by atoms with Gasteiger partial charge < -0.3 is 21.0 Å². The average molecular weight is 394 g/mol. The van der Waals surface area contributed by atoms with Crippen LogP contribution in [0.25, 0.3) is 11.2 Å². The van der Waals surface area contributed by atoms with Crippen LogP contribution in [0, 0.1) is 21.1 Å². The predicted octanol–water partition coefficient (Wildman–Crippen LogP) is 3.24. The summed E-state index contributed by atoms with van der Waals surface area (Å²) in [6.07, 6.45) is 0. The SMILES string of the molecule is CC#N.[Cl][Re]([Cl])[Cl].[N-]=O.[N-]=O. The maximum absolute atomic E-state index is 7.32. The van der Waals surface area contributed by atoms with Crippen molar-refractivity contribution in [3.05, 3.63) is 21.0 Å². The minimum Gasteiger partial charge on any atom is -0.577 e. The summed E-state index contributed by atoms with van der Waals surface area (Å²) in [7, 11) is 15.0. The second-order valence-electron chi connectivity index (χ2n) is 0.386. The molecule has 0 aromatic carbocycles. The van der Waals surface area contributed by atoms with Crippen LogP contribution in [0.1, 0.15) is 6.92 Å². The molecule has 5 nitrogen and oxygen atoms in total. The molecular weight excluding hydrogens is 391 g/mol. The topological polar surface area (TPSA) is 103 Å². The van der Waals surface area contributed by atoms with Gasteiger partial charge in [0, 0.05) is 6.92 Å². The Labute approximate surface area is 81.4 Å². The Morgan fingerprint density at radius 3 is 1.18 bits per heavy atom. The molecule has 0 bridgehead atoms. The van der Waals surface area contributed by atoms with Crippen molar-refractivity contribution in [2.45, 2.75) is 6.92 Å². The van der Waals surface area contributed by atoms with Crippen molar-refractivity contribution in [3.63, 3.8) is 0 Å². The van der Waals surface area contributed by atoms with E-state index in [-0.39, 0.29) is 0 Å². The van der Waals surface area contributed by atoms with E-state index in [1.165, 1.54) is 6.92 Å². The Bertz CT molecular complexity index is 84.4. The van der Waals surface area contributed by atoms with Crippen molar-refractivity contribution in [1.82, 2.24) is 0 Å². The average Bonchev–Trinajstić information content (AvgIpc) is 1.96. The molecule has 0 saturated heterocycles. The Kier molecular flexibility index (Phi) is 99.7. The molecule has 0 aliphatic carbocycles. The van der Waals surface area contributed by atoms with Crippen LogP contribution >= 0.6 is 28.6 Å². The van der Waals surface area contributed by atoms with Gasteiger partial charge in [0.05, 0.1) is 6.07 Å². The first kappa shape index (κ1) is 22.5. The molecular formula is C2H3Cl3N3O2Re-2. The van der Waals surface area contributed by atoms with E-state index >= 15 is 0 Å². The van der Waals surface area contributed by atoms with E-state index in [1.807, 2.05) is 0 Å².